The molecule has 9 heavy (non-hydrogen) atoms. The van der Waals surface area contributed by atoms with Crippen LogP contribution in [0, 0.1) is 0 Å². The molecule has 0 atom stereocenters. The molecule has 48 valence electrons. The second-order valence-corrected chi connectivity index (χ2v) is 2.30. The Morgan fingerprint density at radius 2 is 1.56 bits per heavy atom. The molecule has 0 aliphatic carbocycles. The fraction of sp³-hybridized carbons (Fsp3) is 0.143. The van der Waals surface area contributed by atoms with Crippen LogP contribution in [0.1, 0.15) is 0 Å². The van der Waals surface area contributed by atoms with Gasteiger partial charge in [-0.05, 0) is 0 Å². The van der Waals surface area contributed by atoms with E-state index in [0.717, 1.165) is 0 Å². The Morgan fingerprint density at radius 3 is 1.78 bits per heavy atom. The van der Waals surface area contributed by atoms with Crippen molar-refractivity contribution in [1.29, 1.82) is 0 Å². The van der Waals surface area contributed by atoms with Crippen LogP contribution in [0.25, 0.3) is 0 Å². The van der Waals surface area contributed by atoms with Crippen molar-refractivity contribution in [2.75, 3.05) is 0 Å². The summed E-state index contributed by atoms with van der Waals surface area (Å²) in [5, 5.41) is 0. The summed E-state index contributed by atoms with van der Waals surface area (Å²) in [4.78, 5) is 0. The summed E-state index contributed by atoms with van der Waals surface area (Å²) < 4.78 is 1.20. The fourth-order valence-corrected chi connectivity index (χ4v) is 0.750. The summed E-state index contributed by atoms with van der Waals surface area (Å²) in [6.45, 7) is 0. The summed E-state index contributed by atoms with van der Waals surface area (Å²) in [5.74, 6) is 2.12. The first-order chi connectivity index (χ1) is 4.39. The van der Waals surface area contributed by atoms with Crippen molar-refractivity contribution >= 4 is 37.0 Å². The Bertz CT molecular complexity index is 139. The molecule has 1 rings (SSSR count). The molecular formula is C7H10GeSe. The third-order valence-electron chi connectivity index (χ3n) is 0.743. The molecule has 0 unspecified atom stereocenters. The number of hydrogen-bond donors (Lipinski definition) is 0. The van der Waals surface area contributed by atoms with Gasteiger partial charge in [0.25, 0.3) is 0 Å². The molecule has 0 aliphatic rings. The molecule has 0 aromatic heterocycles. The minimum absolute atomic E-state index is 1.20. The van der Waals surface area contributed by atoms with Gasteiger partial charge in [-0.15, -0.1) is 0 Å². The van der Waals surface area contributed by atoms with E-state index < -0.39 is 0 Å². The van der Waals surface area contributed by atoms with Crippen LogP contribution in [0.3, 0.4) is 0 Å². The average molecular weight is 246 g/mol. The van der Waals surface area contributed by atoms with Crippen molar-refractivity contribution < 1.29 is 0 Å². The summed E-state index contributed by atoms with van der Waals surface area (Å²) in [5.41, 5.74) is 0. The molecule has 2 heteroatoms. The van der Waals surface area contributed by atoms with Crippen LogP contribution in [0.2, 0.25) is 5.76 Å². The summed E-state index contributed by atoms with van der Waals surface area (Å²) in [7, 11) is 0. The first-order valence-electron chi connectivity index (χ1n) is 2.82. The van der Waals surface area contributed by atoms with E-state index in [1.807, 2.05) is 30.3 Å². The van der Waals surface area contributed by atoms with Crippen LogP contribution in [0.4, 0.5) is 0 Å². The van der Waals surface area contributed by atoms with E-state index in [2.05, 4.69) is 21.8 Å². The molecule has 1 aromatic carbocycles. The number of rotatable bonds is 0. The van der Waals surface area contributed by atoms with Gasteiger partial charge in [-0.25, -0.2) is 0 Å². The standard InChI is InChI=1S/C6H5Se.CH5Ge/c7-6-4-2-1-3-5-6;1-2/h1-5H;2H2,1H3. The van der Waals surface area contributed by atoms with Crippen molar-refractivity contribution in [3.05, 3.63) is 30.3 Å². The maximum absolute atomic E-state index is 2.90. The second kappa shape index (κ2) is 6.40. The summed E-state index contributed by atoms with van der Waals surface area (Å²) >= 11 is 4.28. The van der Waals surface area contributed by atoms with Crippen molar-refractivity contribution in [2.24, 2.45) is 0 Å². The molecule has 0 bridgehead atoms. The quantitative estimate of drug-likeness (QED) is 0.571. The van der Waals surface area contributed by atoms with E-state index in [-0.39, 0.29) is 0 Å². The fourth-order valence-electron chi connectivity index (χ4n) is 0.420. The minimum atomic E-state index is 1.20. The van der Waals surface area contributed by atoms with Gasteiger partial charge in [0, 0.05) is 0 Å². The molecule has 0 spiro atoms. The molecule has 2 radical (unpaired) electrons. The van der Waals surface area contributed by atoms with Gasteiger partial charge in [-0.2, -0.15) is 0 Å². The molecule has 0 fully saturated rings. The normalized spacial score (nSPS) is 7.33. The van der Waals surface area contributed by atoms with E-state index in [9.17, 15) is 0 Å². The second-order valence-electron chi connectivity index (χ2n) is 1.31. The molecule has 0 amide bonds. The van der Waals surface area contributed by atoms with Crippen LogP contribution in [0.5, 0.6) is 0 Å². The van der Waals surface area contributed by atoms with E-state index in [1.54, 1.807) is 0 Å². The van der Waals surface area contributed by atoms with Crippen molar-refractivity contribution in [3.63, 3.8) is 0 Å². The number of hydrogen-bond acceptors (Lipinski definition) is 0. The zero-order valence-corrected chi connectivity index (χ0v) is 10.2. The Hall–Kier alpha value is 0.282. The van der Waals surface area contributed by atoms with Gasteiger partial charge in [-0.3, -0.25) is 0 Å². The van der Waals surface area contributed by atoms with Crippen LogP contribution in [-0.4, -0.2) is 32.5 Å². The zero-order valence-electron chi connectivity index (χ0n) is 5.50. The third kappa shape index (κ3) is 4.77. The Balaban J connectivity index is 0.000000291. The van der Waals surface area contributed by atoms with Crippen LogP contribution in [-0.2, 0) is 0 Å². The average Bonchev–Trinajstić information content (AvgIpc) is 1.94. The molecular weight excluding hydrogens is 236 g/mol. The predicted octanol–water partition coefficient (Wildman–Crippen LogP) is 0.148. The Kier molecular flexibility index (Phi) is 6.60. The summed E-state index contributed by atoms with van der Waals surface area (Å²) in [6.07, 6.45) is 0. The van der Waals surface area contributed by atoms with Gasteiger partial charge in [-0.1, -0.05) is 0 Å². The van der Waals surface area contributed by atoms with Gasteiger partial charge < -0.3 is 0 Å². The summed E-state index contributed by atoms with van der Waals surface area (Å²) in [6, 6.07) is 10.1. The van der Waals surface area contributed by atoms with E-state index in [0.29, 0.717) is 0 Å². The molecule has 0 nitrogen and oxygen atoms in total. The monoisotopic (exact) mass is 248 g/mol. The van der Waals surface area contributed by atoms with Gasteiger partial charge in [0.05, 0.1) is 0 Å². The Morgan fingerprint density at radius 1 is 1.11 bits per heavy atom. The topological polar surface area (TPSA) is 0 Å². The van der Waals surface area contributed by atoms with Crippen LogP contribution >= 0.6 is 0 Å². The first kappa shape index (κ1) is 9.28. The Labute approximate surface area is 73.1 Å². The van der Waals surface area contributed by atoms with Gasteiger partial charge >= 0.3 is 73.1 Å². The van der Waals surface area contributed by atoms with E-state index >= 15 is 0 Å². The molecule has 0 N–H and O–H groups in total. The predicted molar refractivity (Wildman–Crippen MR) is 46.2 cm³/mol. The van der Waals surface area contributed by atoms with E-state index in [1.165, 1.54) is 21.0 Å². The molecule has 1 aromatic rings. The van der Waals surface area contributed by atoms with Crippen molar-refractivity contribution in [3.8, 4) is 0 Å². The molecule has 0 aliphatic heterocycles. The molecule has 0 saturated heterocycles. The van der Waals surface area contributed by atoms with Crippen molar-refractivity contribution in [1.82, 2.24) is 0 Å². The SMILES string of the molecule is [CH3][GeH2].[Se]c1ccccc1. The van der Waals surface area contributed by atoms with E-state index in [4.69, 9.17) is 0 Å². The van der Waals surface area contributed by atoms with Crippen molar-refractivity contribution in [2.45, 2.75) is 5.76 Å². The third-order valence-corrected chi connectivity index (χ3v) is 1.31. The van der Waals surface area contributed by atoms with Crippen LogP contribution in [0.15, 0.2) is 30.3 Å². The zero-order chi connectivity index (χ0) is 7.11. The number of benzene rings is 1. The van der Waals surface area contributed by atoms with Gasteiger partial charge in [0.1, 0.15) is 0 Å². The van der Waals surface area contributed by atoms with Gasteiger partial charge in [0.2, 0.25) is 0 Å². The van der Waals surface area contributed by atoms with Gasteiger partial charge in [0.15, 0.2) is 0 Å². The molecule has 0 heterocycles. The molecule has 0 saturated carbocycles. The maximum atomic E-state index is 2.90. The van der Waals surface area contributed by atoms with Crippen LogP contribution < -0.4 is 4.46 Å². The first-order valence-corrected chi connectivity index (χ1v) is 6.65.